The summed E-state index contributed by atoms with van der Waals surface area (Å²) >= 11 is 1.20. The summed E-state index contributed by atoms with van der Waals surface area (Å²) in [6, 6.07) is 19.5. The van der Waals surface area contributed by atoms with Gasteiger partial charge in [0, 0.05) is 17.6 Å². The quantitative estimate of drug-likeness (QED) is 0.290. The van der Waals surface area contributed by atoms with Gasteiger partial charge in [0.2, 0.25) is 5.13 Å². The van der Waals surface area contributed by atoms with E-state index in [-0.39, 0.29) is 12.2 Å². The number of nitriles is 1. The molecule has 0 spiro atoms. The van der Waals surface area contributed by atoms with Crippen LogP contribution < -0.4 is 10.1 Å². The lowest BCUT2D eigenvalue weighted by Gasteiger charge is -2.09. The summed E-state index contributed by atoms with van der Waals surface area (Å²) in [6.07, 6.45) is 3.46. The molecule has 8 heteroatoms. The molecule has 2 aromatic carbocycles. The normalized spacial score (nSPS) is 11.2. The number of nitrogens with one attached hydrogen (secondary N) is 1. The fraction of sp³-hybridized carbons (Fsp3) is 0.154. The number of anilines is 1. The second kappa shape index (κ2) is 10.1. The Bertz CT molecular complexity index is 1410. The van der Waals surface area contributed by atoms with E-state index in [0.29, 0.717) is 10.1 Å². The molecule has 0 radical (unpaired) electrons. The molecule has 0 unspecified atom stereocenters. The molecule has 0 saturated carbocycles. The minimum Gasteiger partial charge on any atom is -0.486 e. The molecule has 170 valence electrons. The maximum absolute atomic E-state index is 12.7. The van der Waals surface area contributed by atoms with E-state index in [2.05, 4.69) is 28.5 Å². The first-order valence-corrected chi connectivity index (χ1v) is 11.4. The van der Waals surface area contributed by atoms with Crippen molar-refractivity contribution in [3.8, 4) is 17.5 Å². The molecule has 4 rings (SSSR count). The molecular formula is C26H23N5O2S. The van der Waals surface area contributed by atoms with Gasteiger partial charge in [0.05, 0.1) is 0 Å². The van der Waals surface area contributed by atoms with Gasteiger partial charge in [-0.25, -0.2) is 0 Å². The minimum atomic E-state index is -0.544. The Morgan fingerprint density at radius 3 is 2.74 bits per heavy atom. The Morgan fingerprint density at radius 1 is 1.12 bits per heavy atom. The SMILES string of the molecule is Cc1cccc(OCc2nnc(NC(=O)/C(C#N)=C\c3cccn3-c3ccc(C)c(C)c3)s2)c1. The number of hydrogen-bond donors (Lipinski definition) is 1. The third kappa shape index (κ3) is 5.39. The maximum atomic E-state index is 12.7. The van der Waals surface area contributed by atoms with E-state index < -0.39 is 5.91 Å². The number of amides is 1. The van der Waals surface area contributed by atoms with Gasteiger partial charge in [-0.1, -0.05) is 29.5 Å². The average molecular weight is 470 g/mol. The third-order valence-corrected chi connectivity index (χ3v) is 6.06. The van der Waals surface area contributed by atoms with Crippen molar-refractivity contribution in [2.45, 2.75) is 27.4 Å². The Kier molecular flexibility index (Phi) is 6.85. The highest BCUT2D eigenvalue weighted by Gasteiger charge is 2.14. The van der Waals surface area contributed by atoms with E-state index in [4.69, 9.17) is 4.74 Å². The van der Waals surface area contributed by atoms with Gasteiger partial charge < -0.3 is 9.30 Å². The van der Waals surface area contributed by atoms with Gasteiger partial charge >= 0.3 is 0 Å². The Labute approximate surface area is 202 Å². The van der Waals surface area contributed by atoms with E-state index in [9.17, 15) is 10.1 Å². The molecule has 7 nitrogen and oxygen atoms in total. The number of hydrogen-bond acceptors (Lipinski definition) is 6. The van der Waals surface area contributed by atoms with Crippen LogP contribution in [-0.4, -0.2) is 20.7 Å². The molecule has 4 aromatic rings. The fourth-order valence-electron chi connectivity index (χ4n) is 3.30. The summed E-state index contributed by atoms with van der Waals surface area (Å²) in [5, 5.41) is 21.2. The number of ether oxygens (including phenoxy) is 1. The Morgan fingerprint density at radius 2 is 1.97 bits per heavy atom. The zero-order valence-corrected chi connectivity index (χ0v) is 19.9. The molecule has 2 heterocycles. The average Bonchev–Trinajstić information content (AvgIpc) is 3.47. The molecule has 0 aliphatic heterocycles. The first-order valence-electron chi connectivity index (χ1n) is 10.6. The number of benzene rings is 2. The standard InChI is InChI=1S/C26H23N5O2S/c1-17-6-4-8-23(12-17)33-16-24-29-30-26(34-24)28-25(32)20(15-27)14-21-7-5-11-31(21)22-10-9-18(2)19(3)13-22/h4-14H,16H2,1-3H3,(H,28,30,32)/b20-14-. The molecule has 0 aliphatic carbocycles. The molecule has 34 heavy (non-hydrogen) atoms. The highest BCUT2D eigenvalue weighted by Crippen LogP contribution is 2.21. The van der Waals surface area contributed by atoms with Crippen molar-refractivity contribution in [2.24, 2.45) is 0 Å². The number of nitrogens with zero attached hydrogens (tertiary/aromatic N) is 4. The van der Waals surface area contributed by atoms with E-state index in [1.165, 1.54) is 16.9 Å². The van der Waals surface area contributed by atoms with Crippen LogP contribution in [0.4, 0.5) is 5.13 Å². The molecule has 2 aromatic heterocycles. The van der Waals surface area contributed by atoms with Crippen molar-refractivity contribution in [3.05, 3.63) is 93.8 Å². The van der Waals surface area contributed by atoms with Crippen LogP contribution in [0.3, 0.4) is 0 Å². The van der Waals surface area contributed by atoms with Crippen LogP contribution in [0.1, 0.15) is 27.4 Å². The van der Waals surface area contributed by atoms with Crippen molar-refractivity contribution < 1.29 is 9.53 Å². The molecule has 1 N–H and O–H groups in total. The van der Waals surface area contributed by atoms with Crippen molar-refractivity contribution in [1.82, 2.24) is 14.8 Å². The summed E-state index contributed by atoms with van der Waals surface area (Å²) in [5.41, 5.74) is 5.11. The van der Waals surface area contributed by atoms with Crippen molar-refractivity contribution in [3.63, 3.8) is 0 Å². The topological polar surface area (TPSA) is 92.8 Å². The molecule has 0 saturated heterocycles. The molecule has 0 fully saturated rings. The second-order valence-corrected chi connectivity index (χ2v) is 8.86. The largest absolute Gasteiger partial charge is 0.486 e. The van der Waals surface area contributed by atoms with Crippen LogP contribution in [0.2, 0.25) is 0 Å². The smallest absolute Gasteiger partial charge is 0.268 e. The van der Waals surface area contributed by atoms with E-state index >= 15 is 0 Å². The number of aryl methyl sites for hydroxylation is 3. The van der Waals surface area contributed by atoms with Crippen LogP contribution >= 0.6 is 11.3 Å². The van der Waals surface area contributed by atoms with Crippen LogP contribution in [0.25, 0.3) is 11.8 Å². The lowest BCUT2D eigenvalue weighted by atomic mass is 10.1. The molecule has 0 bridgehead atoms. The minimum absolute atomic E-state index is 0.0310. The first kappa shape index (κ1) is 23.0. The van der Waals surface area contributed by atoms with Gasteiger partial charge in [0.15, 0.2) is 5.01 Å². The van der Waals surface area contributed by atoms with Gasteiger partial charge in [-0.15, -0.1) is 10.2 Å². The monoisotopic (exact) mass is 469 g/mol. The van der Waals surface area contributed by atoms with Crippen molar-refractivity contribution in [1.29, 1.82) is 5.26 Å². The Balaban J connectivity index is 1.45. The lowest BCUT2D eigenvalue weighted by Crippen LogP contribution is -2.13. The van der Waals surface area contributed by atoms with Crippen molar-refractivity contribution >= 4 is 28.5 Å². The van der Waals surface area contributed by atoms with Gasteiger partial charge in [0.25, 0.3) is 5.91 Å². The number of aromatic nitrogens is 3. The summed E-state index contributed by atoms with van der Waals surface area (Å²) < 4.78 is 7.66. The predicted octanol–water partition coefficient (Wildman–Crippen LogP) is 5.38. The van der Waals surface area contributed by atoms with Gasteiger partial charge in [0.1, 0.15) is 24.0 Å². The van der Waals surface area contributed by atoms with E-state index in [0.717, 1.165) is 28.3 Å². The predicted molar refractivity (Wildman–Crippen MR) is 133 cm³/mol. The van der Waals surface area contributed by atoms with Crippen molar-refractivity contribution in [2.75, 3.05) is 5.32 Å². The van der Waals surface area contributed by atoms with Gasteiger partial charge in [-0.3, -0.25) is 10.1 Å². The number of carbonyl (C=O) groups excluding carboxylic acids is 1. The summed E-state index contributed by atoms with van der Waals surface area (Å²) in [5.74, 6) is 0.194. The summed E-state index contributed by atoms with van der Waals surface area (Å²) in [7, 11) is 0. The number of rotatable bonds is 7. The third-order valence-electron chi connectivity index (χ3n) is 5.25. The first-order chi connectivity index (χ1) is 16.4. The van der Waals surface area contributed by atoms with Crippen LogP contribution in [0.15, 0.2) is 66.4 Å². The lowest BCUT2D eigenvalue weighted by molar-refractivity contribution is -0.112. The highest BCUT2D eigenvalue weighted by molar-refractivity contribution is 7.15. The maximum Gasteiger partial charge on any atom is 0.268 e. The zero-order chi connectivity index (χ0) is 24.1. The van der Waals surface area contributed by atoms with Gasteiger partial charge in [-0.2, -0.15) is 5.26 Å². The summed E-state index contributed by atoms with van der Waals surface area (Å²) in [4.78, 5) is 12.7. The van der Waals surface area contributed by atoms with Crippen LogP contribution in [0, 0.1) is 32.1 Å². The zero-order valence-electron chi connectivity index (χ0n) is 19.1. The van der Waals surface area contributed by atoms with E-state index in [1.54, 1.807) is 6.08 Å². The van der Waals surface area contributed by atoms with Gasteiger partial charge in [-0.05, 0) is 79.9 Å². The van der Waals surface area contributed by atoms with E-state index in [1.807, 2.05) is 79.2 Å². The molecule has 1 amide bonds. The molecular weight excluding hydrogens is 446 g/mol. The van der Waals surface area contributed by atoms with Crippen LogP contribution in [-0.2, 0) is 11.4 Å². The summed E-state index contributed by atoms with van der Waals surface area (Å²) in [6.45, 7) is 6.33. The van der Waals surface area contributed by atoms with Crippen LogP contribution in [0.5, 0.6) is 5.75 Å². The molecule has 0 aliphatic rings. The Hall–Kier alpha value is -4.22. The number of carbonyl (C=O) groups is 1. The second-order valence-electron chi connectivity index (χ2n) is 7.80. The molecule has 0 atom stereocenters. The highest BCUT2D eigenvalue weighted by atomic mass is 32.1. The fourth-order valence-corrected chi connectivity index (χ4v) is 3.94.